The first-order chi connectivity index (χ1) is 8.60. The van der Waals surface area contributed by atoms with Gasteiger partial charge in [-0.25, -0.2) is 0 Å². The van der Waals surface area contributed by atoms with E-state index < -0.39 is 0 Å². The van der Waals surface area contributed by atoms with E-state index in [-0.39, 0.29) is 18.1 Å². The van der Waals surface area contributed by atoms with E-state index in [2.05, 4.69) is 24.1 Å². The Hall–Kier alpha value is -0.650. The highest BCUT2D eigenvalue weighted by Gasteiger charge is 2.23. The Labute approximate surface area is 111 Å². The maximum absolute atomic E-state index is 11.8. The van der Waals surface area contributed by atoms with E-state index in [1.807, 2.05) is 13.8 Å². The fraction of sp³-hybridized carbons (Fsp3) is 0.923. The lowest BCUT2D eigenvalue weighted by Gasteiger charge is -2.30. The SMILES string of the molecule is CCNC(CN(CC)C(C)COC)C(=O)OCC. The van der Waals surface area contributed by atoms with E-state index in [1.54, 1.807) is 7.11 Å². The highest BCUT2D eigenvalue weighted by Crippen LogP contribution is 2.03. The summed E-state index contributed by atoms with van der Waals surface area (Å²) in [6.45, 7) is 11.4. The monoisotopic (exact) mass is 260 g/mol. The average Bonchev–Trinajstić information content (AvgIpc) is 2.34. The van der Waals surface area contributed by atoms with Gasteiger partial charge in [-0.15, -0.1) is 0 Å². The number of esters is 1. The second kappa shape index (κ2) is 10.3. The van der Waals surface area contributed by atoms with Crippen LogP contribution in [0.25, 0.3) is 0 Å². The summed E-state index contributed by atoms with van der Waals surface area (Å²) in [5.74, 6) is -0.178. The van der Waals surface area contributed by atoms with Gasteiger partial charge in [0, 0.05) is 19.7 Å². The number of hydrogen-bond acceptors (Lipinski definition) is 5. The zero-order chi connectivity index (χ0) is 14.0. The molecule has 0 spiro atoms. The van der Waals surface area contributed by atoms with Crippen LogP contribution < -0.4 is 5.32 Å². The van der Waals surface area contributed by atoms with Crippen molar-refractivity contribution >= 4 is 5.97 Å². The van der Waals surface area contributed by atoms with Crippen molar-refractivity contribution in [1.82, 2.24) is 10.2 Å². The van der Waals surface area contributed by atoms with Crippen LogP contribution in [0.1, 0.15) is 27.7 Å². The average molecular weight is 260 g/mol. The summed E-state index contributed by atoms with van der Waals surface area (Å²) < 4.78 is 10.2. The van der Waals surface area contributed by atoms with Crippen LogP contribution in [0.15, 0.2) is 0 Å². The predicted molar refractivity (Wildman–Crippen MR) is 72.7 cm³/mol. The molecule has 0 aromatic carbocycles. The van der Waals surface area contributed by atoms with Gasteiger partial charge in [0.2, 0.25) is 0 Å². The summed E-state index contributed by atoms with van der Waals surface area (Å²) in [5, 5.41) is 3.17. The molecule has 0 heterocycles. The van der Waals surface area contributed by atoms with Gasteiger partial charge in [0.25, 0.3) is 0 Å². The second-order valence-corrected chi connectivity index (χ2v) is 4.25. The number of ether oxygens (including phenoxy) is 2. The number of carbonyl (C=O) groups excluding carboxylic acids is 1. The summed E-state index contributed by atoms with van der Waals surface area (Å²) in [7, 11) is 1.69. The molecule has 5 heteroatoms. The lowest BCUT2D eigenvalue weighted by molar-refractivity contribution is -0.146. The minimum Gasteiger partial charge on any atom is -0.465 e. The Bertz CT molecular complexity index is 224. The van der Waals surface area contributed by atoms with Gasteiger partial charge in [0.1, 0.15) is 6.04 Å². The number of hydrogen-bond donors (Lipinski definition) is 1. The topological polar surface area (TPSA) is 50.8 Å². The number of methoxy groups -OCH3 is 1. The molecule has 2 atom stereocenters. The van der Waals surface area contributed by atoms with Gasteiger partial charge in [-0.3, -0.25) is 9.69 Å². The maximum Gasteiger partial charge on any atom is 0.324 e. The molecule has 0 aromatic heterocycles. The zero-order valence-electron chi connectivity index (χ0n) is 12.4. The molecular formula is C13H28N2O3. The van der Waals surface area contributed by atoms with Crippen LogP contribution >= 0.6 is 0 Å². The van der Waals surface area contributed by atoms with Crippen molar-refractivity contribution in [2.24, 2.45) is 0 Å². The number of nitrogens with one attached hydrogen (secondary N) is 1. The largest absolute Gasteiger partial charge is 0.465 e. The third kappa shape index (κ3) is 6.33. The van der Waals surface area contributed by atoms with E-state index in [0.29, 0.717) is 19.8 Å². The Balaban J connectivity index is 4.46. The molecule has 0 aliphatic carbocycles. The first kappa shape index (κ1) is 17.4. The van der Waals surface area contributed by atoms with Crippen molar-refractivity contribution in [3.63, 3.8) is 0 Å². The number of carbonyl (C=O) groups is 1. The van der Waals surface area contributed by atoms with Crippen molar-refractivity contribution in [3.05, 3.63) is 0 Å². The highest BCUT2D eigenvalue weighted by atomic mass is 16.5. The molecule has 0 aliphatic rings. The van der Waals surface area contributed by atoms with Gasteiger partial charge in [0.15, 0.2) is 0 Å². The molecule has 18 heavy (non-hydrogen) atoms. The molecule has 0 radical (unpaired) electrons. The molecule has 0 aliphatic heterocycles. The summed E-state index contributed by atoms with van der Waals surface area (Å²) in [4.78, 5) is 14.0. The normalized spacial score (nSPS) is 14.6. The molecular weight excluding hydrogens is 232 g/mol. The fourth-order valence-corrected chi connectivity index (χ4v) is 1.91. The summed E-state index contributed by atoms with van der Waals surface area (Å²) in [6.07, 6.45) is 0. The van der Waals surface area contributed by atoms with Gasteiger partial charge < -0.3 is 14.8 Å². The molecule has 0 fully saturated rings. The molecule has 0 saturated carbocycles. The van der Waals surface area contributed by atoms with E-state index >= 15 is 0 Å². The molecule has 2 unspecified atom stereocenters. The molecule has 108 valence electrons. The van der Waals surface area contributed by atoms with E-state index in [4.69, 9.17) is 9.47 Å². The third-order valence-electron chi connectivity index (χ3n) is 2.88. The van der Waals surface area contributed by atoms with Crippen LogP contribution in [-0.2, 0) is 14.3 Å². The predicted octanol–water partition coefficient (Wildman–Crippen LogP) is 0.884. The summed E-state index contributed by atoms with van der Waals surface area (Å²) >= 11 is 0. The smallest absolute Gasteiger partial charge is 0.324 e. The zero-order valence-corrected chi connectivity index (χ0v) is 12.4. The minimum absolute atomic E-state index is 0.178. The van der Waals surface area contributed by atoms with Gasteiger partial charge in [-0.1, -0.05) is 13.8 Å². The van der Waals surface area contributed by atoms with Crippen LogP contribution in [-0.4, -0.2) is 62.9 Å². The van der Waals surface area contributed by atoms with E-state index in [1.165, 1.54) is 0 Å². The maximum atomic E-state index is 11.8. The fourth-order valence-electron chi connectivity index (χ4n) is 1.91. The Morgan fingerprint density at radius 3 is 2.44 bits per heavy atom. The van der Waals surface area contributed by atoms with Crippen LogP contribution in [0.4, 0.5) is 0 Å². The second-order valence-electron chi connectivity index (χ2n) is 4.25. The van der Waals surface area contributed by atoms with Crippen LogP contribution in [0.5, 0.6) is 0 Å². The van der Waals surface area contributed by atoms with Gasteiger partial charge in [0.05, 0.1) is 13.2 Å². The minimum atomic E-state index is -0.269. The number of nitrogens with zero attached hydrogens (tertiary/aromatic N) is 1. The molecule has 0 amide bonds. The van der Waals surface area contributed by atoms with Crippen molar-refractivity contribution in [1.29, 1.82) is 0 Å². The molecule has 0 rings (SSSR count). The van der Waals surface area contributed by atoms with E-state index in [9.17, 15) is 4.79 Å². The standard InChI is InChI=1S/C13H28N2O3/c1-6-14-12(13(16)18-8-3)9-15(7-2)11(4)10-17-5/h11-12,14H,6-10H2,1-5H3. The molecule has 0 aromatic rings. The van der Waals surface area contributed by atoms with Crippen molar-refractivity contribution < 1.29 is 14.3 Å². The highest BCUT2D eigenvalue weighted by molar-refractivity contribution is 5.76. The van der Waals surface area contributed by atoms with Crippen LogP contribution in [0, 0.1) is 0 Å². The van der Waals surface area contributed by atoms with Crippen LogP contribution in [0.3, 0.4) is 0 Å². The number of rotatable bonds is 10. The van der Waals surface area contributed by atoms with E-state index in [0.717, 1.165) is 13.1 Å². The third-order valence-corrected chi connectivity index (χ3v) is 2.88. The van der Waals surface area contributed by atoms with Crippen molar-refractivity contribution in [2.75, 3.05) is 40.0 Å². The first-order valence-corrected chi connectivity index (χ1v) is 6.73. The summed E-state index contributed by atoms with van der Waals surface area (Å²) in [6, 6.07) is 0.0183. The molecule has 0 bridgehead atoms. The number of likely N-dealkylation sites (N-methyl/N-ethyl adjacent to an activating group) is 2. The lowest BCUT2D eigenvalue weighted by atomic mass is 10.2. The Kier molecular flexibility index (Phi) is 9.92. The first-order valence-electron chi connectivity index (χ1n) is 6.73. The molecule has 0 saturated heterocycles. The summed E-state index contributed by atoms with van der Waals surface area (Å²) in [5.41, 5.74) is 0. The van der Waals surface area contributed by atoms with Gasteiger partial charge in [-0.2, -0.15) is 0 Å². The quantitative estimate of drug-likeness (QED) is 0.591. The van der Waals surface area contributed by atoms with Gasteiger partial charge in [-0.05, 0) is 26.9 Å². The van der Waals surface area contributed by atoms with Crippen LogP contribution in [0.2, 0.25) is 0 Å². The Morgan fingerprint density at radius 2 is 2.00 bits per heavy atom. The lowest BCUT2D eigenvalue weighted by Crippen LogP contribution is -2.50. The van der Waals surface area contributed by atoms with Gasteiger partial charge >= 0.3 is 5.97 Å². The molecule has 1 N–H and O–H groups in total. The van der Waals surface area contributed by atoms with Crippen molar-refractivity contribution in [3.8, 4) is 0 Å². The molecule has 5 nitrogen and oxygen atoms in total. The Morgan fingerprint density at radius 1 is 1.33 bits per heavy atom. The van der Waals surface area contributed by atoms with Crippen molar-refractivity contribution in [2.45, 2.75) is 39.8 Å².